The highest BCUT2D eigenvalue weighted by Gasteiger charge is 2.64. The number of fused-ring (bicyclic) bond motifs is 4. The summed E-state index contributed by atoms with van der Waals surface area (Å²) >= 11 is 6.62. The van der Waals surface area contributed by atoms with Crippen LogP contribution in [0.15, 0.2) is 174 Å². The Morgan fingerprint density at radius 1 is 0.395 bits per heavy atom. The van der Waals surface area contributed by atoms with Gasteiger partial charge in [-0.1, -0.05) is 18.2 Å². The summed E-state index contributed by atoms with van der Waals surface area (Å²) in [4.78, 5) is 78.9. The second-order valence-electron chi connectivity index (χ2n) is 33.8. The minimum absolute atomic E-state index is 0.0997. The van der Waals surface area contributed by atoms with Crippen LogP contribution in [0.2, 0.25) is 0 Å². The van der Waals surface area contributed by atoms with E-state index in [1.54, 1.807) is 94.9 Å². The van der Waals surface area contributed by atoms with Crippen LogP contribution >= 0.6 is 31.9 Å². The van der Waals surface area contributed by atoms with Crippen LogP contribution < -0.4 is 10.1 Å². The topological polar surface area (TPSA) is 300 Å². The molecule has 0 atom stereocenters. The zero-order valence-electron chi connectivity index (χ0n) is 69.1. The van der Waals surface area contributed by atoms with Gasteiger partial charge >= 0.3 is 53.2 Å². The lowest BCUT2D eigenvalue weighted by molar-refractivity contribution is 0.00578. The summed E-state index contributed by atoms with van der Waals surface area (Å²) in [6, 6.07) is 31.5. The van der Waals surface area contributed by atoms with E-state index >= 15 is 0 Å². The van der Waals surface area contributed by atoms with Crippen molar-refractivity contribution < 1.29 is 75.7 Å². The van der Waals surface area contributed by atoms with Gasteiger partial charge in [0.1, 0.15) is 38.3 Å². The molecule has 0 aromatic carbocycles. The quantitative estimate of drug-likeness (QED) is 0.0918. The third-order valence-electron chi connectivity index (χ3n) is 18.7. The predicted molar refractivity (Wildman–Crippen MR) is 448 cm³/mol. The fourth-order valence-electron chi connectivity index (χ4n) is 11.2. The first-order valence-corrected chi connectivity index (χ1v) is 38.6. The van der Waals surface area contributed by atoms with Crippen molar-refractivity contribution in [2.75, 3.05) is 0 Å². The van der Waals surface area contributed by atoms with E-state index in [9.17, 15) is 19.2 Å². The summed E-state index contributed by atoms with van der Waals surface area (Å²) in [5.41, 5.74) is 1.58. The van der Waals surface area contributed by atoms with Crippen LogP contribution in [0.3, 0.4) is 0 Å². The third-order valence-corrected chi connectivity index (χ3v) is 19.9. The molecule has 0 unspecified atom stereocenters. The van der Waals surface area contributed by atoms with Gasteiger partial charge in [-0.2, -0.15) is 4.57 Å². The van der Waals surface area contributed by atoms with Crippen LogP contribution in [-0.2, 0) is 46.9 Å². The largest absolute Gasteiger partial charge is 0.570 e. The van der Waals surface area contributed by atoms with E-state index in [-0.39, 0.29) is 28.3 Å². The van der Waals surface area contributed by atoms with E-state index in [4.69, 9.17) is 56.6 Å². The van der Waals surface area contributed by atoms with Crippen molar-refractivity contribution in [1.82, 2.24) is 53.2 Å². The molecule has 1 radical (unpaired) electrons. The molecular weight excluding hydrogens is 1590 g/mol. The van der Waals surface area contributed by atoms with Gasteiger partial charge < -0.3 is 56.6 Å². The van der Waals surface area contributed by atoms with Crippen molar-refractivity contribution in [2.24, 2.45) is 0 Å². The first-order valence-electron chi connectivity index (χ1n) is 37.0. The zero-order chi connectivity index (χ0) is 84.1. The molecule has 3 aliphatic heterocycles. The van der Waals surface area contributed by atoms with E-state index in [0.29, 0.717) is 35.7 Å². The highest BCUT2D eigenvalue weighted by Crippen LogP contribution is 2.44. The van der Waals surface area contributed by atoms with Crippen LogP contribution in [0.4, 0.5) is 19.2 Å². The van der Waals surface area contributed by atoms with E-state index in [0.717, 1.165) is 53.2 Å². The normalized spacial score (nSPS) is 16.3. The fraction of sp³-hybridized carbons (Fsp3) is 0.420. The monoisotopic (exact) mass is 1680 g/mol. The van der Waals surface area contributed by atoms with Crippen molar-refractivity contribution in [1.29, 1.82) is 0 Å². The van der Waals surface area contributed by atoms with E-state index < -0.39 is 79.1 Å². The number of ether oxygens (including phenoxy) is 4. The molecule has 1 N–H and O–H groups in total. The molecule has 11 aromatic rings. The van der Waals surface area contributed by atoms with Gasteiger partial charge in [0.15, 0.2) is 17.2 Å². The Labute approximate surface area is 684 Å². The van der Waals surface area contributed by atoms with Crippen molar-refractivity contribution in [3.8, 4) is 28.4 Å². The fourth-order valence-corrected chi connectivity index (χ4v) is 11.9. The Morgan fingerprint density at radius 2 is 0.746 bits per heavy atom. The summed E-state index contributed by atoms with van der Waals surface area (Å²) in [7, 11) is -0.952. The van der Waals surface area contributed by atoms with Crippen molar-refractivity contribution in [2.45, 2.75) is 222 Å². The third kappa shape index (κ3) is 21.7. The minimum Gasteiger partial charge on any atom is -0.524 e. The Morgan fingerprint density at radius 3 is 1.13 bits per heavy atom. The van der Waals surface area contributed by atoms with Gasteiger partial charge in [0.2, 0.25) is 0 Å². The van der Waals surface area contributed by atoms with Gasteiger partial charge in [0.05, 0.1) is 45.0 Å². The lowest BCUT2D eigenvalue weighted by atomic mass is 9.49. The molecule has 11 aromatic heterocycles. The maximum atomic E-state index is 12.6. The van der Waals surface area contributed by atoms with Gasteiger partial charge in [-0.25, -0.2) is 57.8 Å². The lowest BCUT2D eigenvalue weighted by Crippen LogP contribution is -2.41. The molecule has 27 nitrogen and oxygen atoms in total. The maximum Gasteiger partial charge on any atom is 0.570 e. The van der Waals surface area contributed by atoms with Crippen molar-refractivity contribution in [3.05, 3.63) is 174 Å². The lowest BCUT2D eigenvalue weighted by Gasteiger charge is -2.32. The Bertz CT molecular complexity index is 5110. The molecule has 33 heteroatoms. The van der Waals surface area contributed by atoms with Crippen molar-refractivity contribution in [3.63, 3.8) is 0 Å². The maximum absolute atomic E-state index is 12.6. The average molecular weight is 1690 g/mol. The van der Waals surface area contributed by atoms with E-state index in [1.165, 1.54) is 18.3 Å². The van der Waals surface area contributed by atoms with Crippen molar-refractivity contribution >= 4 is 135 Å². The van der Waals surface area contributed by atoms with Crippen LogP contribution in [0, 0.1) is 0 Å². The van der Waals surface area contributed by atoms with Crippen LogP contribution in [0.1, 0.15) is 166 Å². The minimum atomic E-state index is -0.688. The van der Waals surface area contributed by atoms with Gasteiger partial charge in [-0.15, -0.1) is 0 Å². The molecule has 14 rings (SSSR count). The molecule has 0 spiro atoms. The standard InChI is InChI=1S/C18H25BN2O4.C17H17BN3O4.C17H17N3O2.C12H24B2O4.C12H13BrN2O2.C5H4BrN/c1-16(2,3)23-15(22)21-11-9-12-13(8-10-20-14(12)21)19-24-17(4,5)18(6,7)25-19;1-17(2,3)24-16(22)21-14(25-18-23)10-12-11(7-9-20-15(12)21)13-6-4-5-8-19-13;1-17(2,3)22-16(21)20-11-8-13-12(7-10-19-15(13)20)14-6-4-5-9-18-14;1-9(2)10(3,4)16-13(15-9)14-17-11(5,6)12(7,8)18-14;1-12(2,3)17-11(16)15-7-5-8-9(13)4-6-14-10(8)15;6-5-3-1-2-4-7-5/h8-11H,1-7H3;4-10,23H,1-3H3;4-11H,1-3H3;1-8H3;4-7H,1-3H3;1-4H. The zero-order valence-corrected chi connectivity index (χ0v) is 72.3. The number of rotatable bonds is 6. The highest BCUT2D eigenvalue weighted by molar-refractivity contribution is 9.10. The molecule has 601 valence electrons. The van der Waals surface area contributed by atoms with Gasteiger partial charge in [-0.05, 0) is 282 Å². The average Bonchev–Trinajstić information content (AvgIpc) is 1.59. The summed E-state index contributed by atoms with van der Waals surface area (Å²) < 4.78 is 70.0. The summed E-state index contributed by atoms with van der Waals surface area (Å²) in [5.74, 6) is 0.0997. The molecule has 0 amide bonds. The predicted octanol–water partition coefficient (Wildman–Crippen LogP) is 17.5. The number of carbonyl (C=O) groups is 4. The van der Waals surface area contributed by atoms with E-state index in [2.05, 4.69) is 66.7 Å². The molecule has 0 aliphatic carbocycles. The Hall–Kier alpha value is -9.17. The molecule has 114 heavy (non-hydrogen) atoms. The molecule has 3 saturated heterocycles. The molecule has 3 fully saturated rings. The van der Waals surface area contributed by atoms with Gasteiger partial charge in [0.25, 0.3) is 0 Å². The summed E-state index contributed by atoms with van der Waals surface area (Å²) in [5, 5.41) is 12.2. The SMILES string of the molecule is Brc1ccccn1.CC(C)(C)OC(=O)n1c(O[B]O)cc2c(-c3ccccn3)ccnc21.CC(C)(C)OC(=O)n1ccc2c(-c3ccccn3)ccnc21.CC(C)(C)OC(=O)n1ccc2c(B3OC(C)(C)C(C)(C)O3)ccnc21.CC(C)(C)OC(=O)n1ccc2c(Br)ccnc21.CC1(C)OB(B2OC(C)(C)C(C)(C)O2)OC1(C)C. The number of halogens is 2. The molecule has 0 bridgehead atoms. The summed E-state index contributed by atoms with van der Waals surface area (Å²) in [6.45, 7) is 46.1. The Kier molecular flexibility index (Phi) is 27.0. The molecular formula is C81H100B4Br2N11O16. The smallest absolute Gasteiger partial charge is 0.524 e. The van der Waals surface area contributed by atoms with Crippen LogP contribution in [0.25, 0.3) is 66.6 Å². The van der Waals surface area contributed by atoms with Crippen LogP contribution in [0.5, 0.6) is 5.88 Å². The second-order valence-corrected chi connectivity index (χ2v) is 35.5. The number of aromatic nitrogens is 11. The second kappa shape index (κ2) is 34.7. The van der Waals surface area contributed by atoms with Gasteiger partial charge in [0, 0.05) is 105 Å². The summed E-state index contributed by atoms with van der Waals surface area (Å²) in [6.07, 6.45) is 14.8. The van der Waals surface area contributed by atoms with Gasteiger partial charge in [-0.3, -0.25) is 9.97 Å². The number of hydrogen-bond donors (Lipinski definition) is 1. The van der Waals surface area contributed by atoms with E-state index in [1.807, 2.05) is 236 Å². The highest BCUT2D eigenvalue weighted by atomic mass is 79.9. The number of carbonyl (C=O) groups excluding carboxylic acids is 4. The number of nitrogens with zero attached hydrogens (tertiary/aromatic N) is 11. The molecule has 3 aliphatic rings. The molecule has 0 saturated carbocycles. The number of pyridine rings is 7. The first kappa shape index (κ1) is 88.8. The first-order chi connectivity index (χ1) is 52.9. The number of hydrogen-bond acceptors (Lipinski definition) is 23. The Balaban J connectivity index is 0.000000161. The molecule has 14 heterocycles. The van der Waals surface area contributed by atoms with Crippen LogP contribution in [-0.4, -0.2) is 167 Å².